The molecule has 3 aromatic rings. The first-order valence-electron chi connectivity index (χ1n) is 10.5. The zero-order valence-electron chi connectivity index (χ0n) is 18.3. The van der Waals surface area contributed by atoms with Crippen molar-refractivity contribution in [2.45, 2.75) is 44.3 Å². The first-order valence-corrected chi connectivity index (χ1v) is 11.5. The standard InChI is InChI=1S/C24H27N3O4S/c1-16-11-12-21(31-2)18(14-16)20(28)15-32-24-26-19-9-6-5-8-17(19)23(30)27(24)13-7-3-4-10-22(25)29/h5-6,8-9,11-12,14H,3-4,7,10,13,15H2,1-2H3,(H2,25,29). The molecule has 8 heteroatoms. The van der Waals surface area contributed by atoms with Gasteiger partial charge in [-0.3, -0.25) is 19.0 Å². The number of unbranched alkanes of at least 4 members (excludes halogenated alkanes) is 2. The van der Waals surface area contributed by atoms with E-state index in [9.17, 15) is 14.4 Å². The van der Waals surface area contributed by atoms with E-state index in [2.05, 4.69) is 4.98 Å². The Morgan fingerprint density at radius 3 is 2.66 bits per heavy atom. The molecule has 0 aliphatic rings. The number of carbonyl (C=O) groups is 2. The van der Waals surface area contributed by atoms with Crippen LogP contribution in [0.1, 0.15) is 41.6 Å². The van der Waals surface area contributed by atoms with E-state index in [1.807, 2.05) is 25.1 Å². The number of rotatable bonds is 11. The number of thioether (sulfide) groups is 1. The molecule has 0 fully saturated rings. The molecule has 0 saturated carbocycles. The van der Waals surface area contributed by atoms with Gasteiger partial charge in [-0.2, -0.15) is 0 Å². The van der Waals surface area contributed by atoms with Crippen molar-refractivity contribution in [2.24, 2.45) is 5.73 Å². The number of amides is 1. The van der Waals surface area contributed by atoms with Crippen molar-refractivity contribution in [3.05, 3.63) is 63.9 Å². The summed E-state index contributed by atoms with van der Waals surface area (Å²) in [5.41, 5.74) is 7.15. The van der Waals surface area contributed by atoms with Crippen LogP contribution in [-0.4, -0.2) is 34.1 Å². The molecule has 0 spiro atoms. The van der Waals surface area contributed by atoms with Gasteiger partial charge in [0, 0.05) is 13.0 Å². The molecule has 7 nitrogen and oxygen atoms in total. The van der Waals surface area contributed by atoms with Gasteiger partial charge in [0.15, 0.2) is 10.9 Å². The van der Waals surface area contributed by atoms with Crippen molar-refractivity contribution in [2.75, 3.05) is 12.9 Å². The summed E-state index contributed by atoms with van der Waals surface area (Å²) < 4.78 is 6.96. The average molecular weight is 454 g/mol. The van der Waals surface area contributed by atoms with Crippen LogP contribution >= 0.6 is 11.8 Å². The van der Waals surface area contributed by atoms with E-state index in [0.29, 0.717) is 53.2 Å². The zero-order valence-corrected chi connectivity index (χ0v) is 19.1. The van der Waals surface area contributed by atoms with Gasteiger partial charge in [0.1, 0.15) is 5.75 Å². The zero-order chi connectivity index (χ0) is 23.1. The number of ketones is 1. The first-order chi connectivity index (χ1) is 15.4. The molecule has 1 amide bonds. The molecule has 0 radical (unpaired) electrons. The molecular formula is C24H27N3O4S. The van der Waals surface area contributed by atoms with Crippen molar-refractivity contribution in [3.8, 4) is 5.75 Å². The lowest BCUT2D eigenvalue weighted by Gasteiger charge is -2.13. The lowest BCUT2D eigenvalue weighted by molar-refractivity contribution is -0.118. The van der Waals surface area contributed by atoms with Crippen molar-refractivity contribution >= 4 is 34.4 Å². The largest absolute Gasteiger partial charge is 0.496 e. The van der Waals surface area contributed by atoms with Gasteiger partial charge in [-0.05, 0) is 44.0 Å². The number of ether oxygens (including phenoxy) is 1. The molecule has 0 bridgehead atoms. The number of para-hydroxylation sites is 1. The number of nitrogens with zero attached hydrogens (tertiary/aromatic N) is 2. The highest BCUT2D eigenvalue weighted by Gasteiger charge is 2.16. The Balaban J connectivity index is 1.83. The van der Waals surface area contributed by atoms with Crippen molar-refractivity contribution in [3.63, 3.8) is 0 Å². The van der Waals surface area contributed by atoms with E-state index >= 15 is 0 Å². The predicted octanol–water partition coefficient (Wildman–Crippen LogP) is 3.73. The highest BCUT2D eigenvalue weighted by atomic mass is 32.2. The van der Waals surface area contributed by atoms with Crippen LogP contribution in [0, 0.1) is 6.92 Å². The second-order valence-electron chi connectivity index (χ2n) is 7.56. The van der Waals surface area contributed by atoms with Gasteiger partial charge in [-0.25, -0.2) is 4.98 Å². The van der Waals surface area contributed by atoms with Crippen LogP contribution in [0.2, 0.25) is 0 Å². The molecular weight excluding hydrogens is 426 g/mol. The SMILES string of the molecule is COc1ccc(C)cc1C(=O)CSc1nc2ccccc2c(=O)n1CCCCCC(N)=O. The number of hydrogen-bond donors (Lipinski definition) is 1. The van der Waals surface area contributed by atoms with E-state index in [1.165, 1.54) is 18.9 Å². The molecule has 3 rings (SSSR count). The summed E-state index contributed by atoms with van der Waals surface area (Å²) in [6.07, 6.45) is 2.49. The lowest BCUT2D eigenvalue weighted by Crippen LogP contribution is -2.24. The van der Waals surface area contributed by atoms with Crippen LogP contribution in [0.25, 0.3) is 10.9 Å². The quantitative estimate of drug-likeness (QED) is 0.205. The second-order valence-corrected chi connectivity index (χ2v) is 8.50. The number of carbonyl (C=O) groups excluding carboxylic acids is 2. The van der Waals surface area contributed by atoms with E-state index in [1.54, 1.807) is 28.8 Å². The molecule has 0 atom stereocenters. The van der Waals surface area contributed by atoms with E-state index in [-0.39, 0.29) is 23.0 Å². The number of primary amides is 1. The van der Waals surface area contributed by atoms with Crippen LogP contribution in [0.3, 0.4) is 0 Å². The number of aromatic nitrogens is 2. The Morgan fingerprint density at radius 1 is 1.12 bits per heavy atom. The number of benzene rings is 2. The van der Waals surface area contributed by atoms with Gasteiger partial charge in [-0.15, -0.1) is 0 Å². The molecule has 168 valence electrons. The predicted molar refractivity (Wildman–Crippen MR) is 126 cm³/mol. The molecule has 2 aromatic carbocycles. The summed E-state index contributed by atoms with van der Waals surface area (Å²) in [4.78, 5) is 41.6. The molecule has 0 aliphatic carbocycles. The summed E-state index contributed by atoms with van der Waals surface area (Å²) in [5.74, 6) is 0.244. The first kappa shape index (κ1) is 23.5. The van der Waals surface area contributed by atoms with Gasteiger partial charge < -0.3 is 10.5 Å². The van der Waals surface area contributed by atoms with Crippen LogP contribution in [0.4, 0.5) is 0 Å². The summed E-state index contributed by atoms with van der Waals surface area (Å²) in [5, 5.41) is 1.05. The van der Waals surface area contributed by atoms with E-state index in [0.717, 1.165) is 12.0 Å². The van der Waals surface area contributed by atoms with Gasteiger partial charge in [-0.1, -0.05) is 41.9 Å². The van der Waals surface area contributed by atoms with E-state index < -0.39 is 0 Å². The number of hydrogen-bond acceptors (Lipinski definition) is 6. The highest BCUT2D eigenvalue weighted by Crippen LogP contribution is 2.24. The van der Waals surface area contributed by atoms with Crippen molar-refractivity contribution in [1.29, 1.82) is 0 Å². The normalized spacial score (nSPS) is 10.9. The van der Waals surface area contributed by atoms with Gasteiger partial charge >= 0.3 is 0 Å². The van der Waals surface area contributed by atoms with Crippen molar-refractivity contribution < 1.29 is 14.3 Å². The molecule has 1 aromatic heterocycles. The molecule has 32 heavy (non-hydrogen) atoms. The number of Topliss-reactive ketones (excluding diaryl/α,β-unsaturated/α-hetero) is 1. The maximum absolute atomic E-state index is 13.1. The Kier molecular flexibility index (Phi) is 8.05. The fourth-order valence-corrected chi connectivity index (χ4v) is 4.36. The number of fused-ring (bicyclic) bond motifs is 1. The Morgan fingerprint density at radius 2 is 1.91 bits per heavy atom. The monoisotopic (exact) mass is 453 g/mol. The minimum Gasteiger partial charge on any atom is -0.496 e. The minimum atomic E-state index is -0.323. The fourth-order valence-electron chi connectivity index (χ4n) is 3.45. The maximum Gasteiger partial charge on any atom is 0.262 e. The second kappa shape index (κ2) is 10.9. The Labute approximate surface area is 191 Å². The highest BCUT2D eigenvalue weighted by molar-refractivity contribution is 7.99. The third-order valence-electron chi connectivity index (χ3n) is 5.12. The van der Waals surface area contributed by atoms with Crippen LogP contribution in [-0.2, 0) is 11.3 Å². The lowest BCUT2D eigenvalue weighted by atomic mass is 10.1. The van der Waals surface area contributed by atoms with Gasteiger partial charge in [0.2, 0.25) is 5.91 Å². The Bertz CT molecular complexity index is 1190. The minimum absolute atomic E-state index is 0.0917. The third-order valence-corrected chi connectivity index (χ3v) is 6.10. The summed E-state index contributed by atoms with van der Waals surface area (Å²) in [7, 11) is 1.54. The maximum atomic E-state index is 13.1. The van der Waals surface area contributed by atoms with E-state index in [4.69, 9.17) is 10.5 Å². The molecule has 0 aliphatic heterocycles. The van der Waals surface area contributed by atoms with Crippen LogP contribution in [0.5, 0.6) is 5.75 Å². The Hall–Kier alpha value is -3.13. The average Bonchev–Trinajstić information content (AvgIpc) is 2.78. The fraction of sp³-hybridized carbons (Fsp3) is 0.333. The summed E-state index contributed by atoms with van der Waals surface area (Å²) in [6.45, 7) is 2.38. The molecule has 0 saturated heterocycles. The van der Waals surface area contributed by atoms with Crippen LogP contribution in [0.15, 0.2) is 52.4 Å². The summed E-state index contributed by atoms with van der Waals surface area (Å²) in [6, 6.07) is 12.7. The number of nitrogens with two attached hydrogens (primary N) is 1. The van der Waals surface area contributed by atoms with Crippen LogP contribution < -0.4 is 16.0 Å². The number of methoxy groups -OCH3 is 1. The smallest absolute Gasteiger partial charge is 0.262 e. The third kappa shape index (κ3) is 5.76. The van der Waals surface area contributed by atoms with Gasteiger partial charge in [0.25, 0.3) is 5.56 Å². The molecule has 1 heterocycles. The summed E-state index contributed by atoms with van der Waals surface area (Å²) >= 11 is 1.25. The topological polar surface area (TPSA) is 104 Å². The molecule has 0 unspecified atom stereocenters. The molecule has 2 N–H and O–H groups in total. The van der Waals surface area contributed by atoms with Gasteiger partial charge in [0.05, 0.1) is 29.3 Å². The number of aryl methyl sites for hydroxylation is 1. The van der Waals surface area contributed by atoms with Crippen molar-refractivity contribution in [1.82, 2.24) is 9.55 Å².